The zero-order chi connectivity index (χ0) is 16.6. The first-order valence-electron chi connectivity index (χ1n) is 7.00. The summed E-state index contributed by atoms with van der Waals surface area (Å²) in [6.45, 7) is 1.49. The lowest BCUT2D eigenvalue weighted by Crippen LogP contribution is -2.30. The van der Waals surface area contributed by atoms with Crippen molar-refractivity contribution >= 4 is 37.9 Å². The Balaban J connectivity index is 2.24. The van der Waals surface area contributed by atoms with E-state index in [1.807, 2.05) is 4.90 Å². The van der Waals surface area contributed by atoms with Crippen LogP contribution >= 0.6 is 11.3 Å². The summed E-state index contributed by atoms with van der Waals surface area (Å²) in [5.41, 5.74) is -1.59. The molecule has 23 heavy (non-hydrogen) atoms. The Morgan fingerprint density at radius 3 is 2.39 bits per heavy atom. The molecule has 0 saturated carbocycles. The second-order valence-corrected chi connectivity index (χ2v) is 6.18. The number of benzene rings is 1. The van der Waals surface area contributed by atoms with Crippen LogP contribution in [0.2, 0.25) is 0 Å². The van der Waals surface area contributed by atoms with Crippen LogP contribution in [0.3, 0.4) is 0 Å². The highest BCUT2D eigenvalue weighted by Crippen LogP contribution is 2.35. The molecular weight excluding hydrogens is 324 g/mol. The van der Waals surface area contributed by atoms with E-state index in [2.05, 4.69) is 4.98 Å². The molecule has 0 bridgehead atoms. The van der Waals surface area contributed by atoms with Crippen LogP contribution in [0.5, 0.6) is 0 Å². The van der Waals surface area contributed by atoms with Gasteiger partial charge in [-0.3, -0.25) is 25.0 Å². The minimum Gasteiger partial charge on any atom is -0.348 e. The minimum atomic E-state index is -0.755. The predicted molar refractivity (Wildman–Crippen MR) is 85.3 cm³/mol. The maximum Gasteiger partial charge on any atom is 0.294 e. The summed E-state index contributed by atoms with van der Waals surface area (Å²) in [4.78, 5) is 38.8. The van der Waals surface area contributed by atoms with E-state index in [4.69, 9.17) is 0 Å². The van der Waals surface area contributed by atoms with Gasteiger partial charge >= 0.3 is 0 Å². The number of non-ortho nitro benzene ring substituents is 2. The zero-order valence-electron chi connectivity index (χ0n) is 11.9. The van der Waals surface area contributed by atoms with Crippen LogP contribution < -0.4 is 10.5 Å². The van der Waals surface area contributed by atoms with E-state index in [0.717, 1.165) is 55.8 Å². The van der Waals surface area contributed by atoms with Gasteiger partial charge in [0, 0.05) is 19.2 Å². The normalized spacial score (nSPS) is 14.9. The van der Waals surface area contributed by atoms with E-state index in [1.54, 1.807) is 0 Å². The van der Waals surface area contributed by atoms with Crippen LogP contribution in [-0.2, 0) is 0 Å². The van der Waals surface area contributed by atoms with Gasteiger partial charge in [0.05, 0.1) is 21.3 Å². The second kappa shape index (κ2) is 5.88. The smallest absolute Gasteiger partial charge is 0.294 e. The number of nitro benzene ring substituents is 2. The van der Waals surface area contributed by atoms with Crippen molar-refractivity contribution in [3.63, 3.8) is 0 Å². The highest BCUT2D eigenvalue weighted by atomic mass is 32.1. The van der Waals surface area contributed by atoms with Gasteiger partial charge in [-0.2, -0.15) is 4.98 Å². The number of nitrogens with zero attached hydrogens (tertiary/aromatic N) is 4. The fraction of sp³-hybridized carbons (Fsp3) is 0.385. The lowest BCUT2D eigenvalue weighted by atomic mass is 10.1. The molecule has 0 aliphatic carbocycles. The Morgan fingerprint density at radius 2 is 1.78 bits per heavy atom. The summed E-state index contributed by atoms with van der Waals surface area (Å²) < 4.78 is 0.126. The van der Waals surface area contributed by atoms with Gasteiger partial charge in [-0.05, 0) is 19.3 Å². The number of nitro groups is 2. The van der Waals surface area contributed by atoms with Gasteiger partial charge in [0.1, 0.15) is 4.70 Å². The molecule has 120 valence electrons. The Labute approximate surface area is 133 Å². The Kier molecular flexibility index (Phi) is 3.90. The van der Waals surface area contributed by atoms with Crippen molar-refractivity contribution < 1.29 is 9.85 Å². The number of anilines is 1. The first-order chi connectivity index (χ1) is 11.0. The fourth-order valence-corrected chi connectivity index (χ4v) is 3.70. The summed E-state index contributed by atoms with van der Waals surface area (Å²) in [5, 5.41) is 22.5. The van der Waals surface area contributed by atoms with Crippen molar-refractivity contribution in [1.29, 1.82) is 0 Å². The number of piperidine rings is 1. The van der Waals surface area contributed by atoms with Crippen molar-refractivity contribution in [1.82, 2.24) is 4.98 Å². The fourth-order valence-electron chi connectivity index (χ4n) is 2.59. The van der Waals surface area contributed by atoms with Gasteiger partial charge in [-0.25, -0.2) is 0 Å². The third-order valence-electron chi connectivity index (χ3n) is 3.71. The number of aromatic nitrogens is 1. The summed E-state index contributed by atoms with van der Waals surface area (Å²) in [6, 6.07) is 1.94. The van der Waals surface area contributed by atoms with Crippen LogP contribution in [-0.4, -0.2) is 27.9 Å². The standard InChI is InChI=1S/C13H12N4O5S/c18-12-9-6-8(16(19)20)7-10(17(21)22)11(9)23-13(14-12)15-4-2-1-3-5-15/h6-7H,1-5H2. The molecule has 9 nitrogen and oxygen atoms in total. The summed E-state index contributed by atoms with van der Waals surface area (Å²) >= 11 is 1.03. The van der Waals surface area contributed by atoms with Crippen molar-refractivity contribution in [3.8, 4) is 0 Å². The number of fused-ring (bicyclic) bond motifs is 1. The van der Waals surface area contributed by atoms with Gasteiger partial charge in [0.25, 0.3) is 16.9 Å². The molecule has 1 aliphatic rings. The molecule has 1 aromatic heterocycles. The average Bonchev–Trinajstić information content (AvgIpc) is 2.54. The van der Waals surface area contributed by atoms with Crippen molar-refractivity contribution in [3.05, 3.63) is 42.7 Å². The Morgan fingerprint density at radius 1 is 1.09 bits per heavy atom. The maximum atomic E-state index is 12.2. The van der Waals surface area contributed by atoms with Crippen molar-refractivity contribution in [2.75, 3.05) is 18.0 Å². The second-order valence-electron chi connectivity index (χ2n) is 5.21. The number of hydrogen-bond acceptors (Lipinski definition) is 8. The van der Waals surface area contributed by atoms with Crippen molar-refractivity contribution in [2.24, 2.45) is 0 Å². The molecule has 0 atom stereocenters. The number of hydrogen-bond donors (Lipinski definition) is 0. The summed E-state index contributed by atoms with van der Waals surface area (Å²) in [6.07, 6.45) is 3.05. The SMILES string of the molecule is O=c1nc(N2CCCCC2)sc2c([N+](=O)[O-])cc([N+](=O)[O-])cc12. The molecular formula is C13H12N4O5S. The van der Waals surface area contributed by atoms with E-state index in [-0.39, 0.29) is 10.1 Å². The summed E-state index contributed by atoms with van der Waals surface area (Å²) in [7, 11) is 0. The van der Waals surface area contributed by atoms with Crippen LogP contribution in [0.4, 0.5) is 16.5 Å². The topological polar surface area (TPSA) is 119 Å². The molecule has 1 saturated heterocycles. The number of rotatable bonds is 3. The van der Waals surface area contributed by atoms with Crippen LogP contribution in [0.25, 0.3) is 10.1 Å². The zero-order valence-corrected chi connectivity index (χ0v) is 12.7. The highest BCUT2D eigenvalue weighted by Gasteiger charge is 2.24. The van der Waals surface area contributed by atoms with E-state index in [0.29, 0.717) is 5.13 Å². The van der Waals surface area contributed by atoms with Gasteiger partial charge < -0.3 is 4.90 Å². The highest BCUT2D eigenvalue weighted by molar-refractivity contribution is 7.22. The molecule has 1 fully saturated rings. The molecule has 0 radical (unpaired) electrons. The van der Waals surface area contributed by atoms with E-state index in [9.17, 15) is 25.0 Å². The van der Waals surface area contributed by atoms with Crippen LogP contribution in [0.15, 0.2) is 16.9 Å². The minimum absolute atomic E-state index is 0.0864. The average molecular weight is 336 g/mol. The Hall–Kier alpha value is -2.62. The molecule has 1 aliphatic heterocycles. The Bertz CT molecular complexity index is 859. The maximum absolute atomic E-state index is 12.2. The largest absolute Gasteiger partial charge is 0.348 e. The molecule has 0 amide bonds. The molecule has 1 aromatic carbocycles. The van der Waals surface area contributed by atoms with E-state index >= 15 is 0 Å². The van der Waals surface area contributed by atoms with Gasteiger partial charge in [0.2, 0.25) is 0 Å². The third-order valence-corrected chi connectivity index (χ3v) is 4.87. The van der Waals surface area contributed by atoms with Crippen LogP contribution in [0, 0.1) is 20.2 Å². The van der Waals surface area contributed by atoms with E-state index in [1.165, 1.54) is 0 Å². The summed E-state index contributed by atoms with van der Waals surface area (Å²) in [5.74, 6) is 0. The lowest BCUT2D eigenvalue weighted by Gasteiger charge is -2.26. The van der Waals surface area contributed by atoms with Gasteiger partial charge in [-0.1, -0.05) is 11.3 Å². The molecule has 0 spiro atoms. The van der Waals surface area contributed by atoms with E-state index < -0.39 is 26.8 Å². The molecule has 0 N–H and O–H groups in total. The van der Waals surface area contributed by atoms with Gasteiger partial charge in [-0.15, -0.1) is 0 Å². The molecule has 2 heterocycles. The van der Waals surface area contributed by atoms with Crippen LogP contribution in [0.1, 0.15) is 19.3 Å². The molecule has 2 aromatic rings. The molecule has 3 rings (SSSR count). The first kappa shape index (κ1) is 15.3. The lowest BCUT2D eigenvalue weighted by molar-refractivity contribution is -0.392. The van der Waals surface area contributed by atoms with Gasteiger partial charge in [0.15, 0.2) is 5.13 Å². The quantitative estimate of drug-likeness (QED) is 0.623. The van der Waals surface area contributed by atoms with Crippen molar-refractivity contribution in [2.45, 2.75) is 19.3 Å². The first-order valence-corrected chi connectivity index (χ1v) is 7.81. The predicted octanol–water partition coefficient (Wildman–Crippen LogP) is 2.46. The monoisotopic (exact) mass is 336 g/mol. The molecule has 0 unspecified atom stereocenters. The third kappa shape index (κ3) is 2.84. The molecule has 10 heteroatoms.